The van der Waals surface area contributed by atoms with Crippen LogP contribution in [0.25, 0.3) is 139 Å². The molecule has 20 aromatic rings. The second kappa shape index (κ2) is 33.9. The lowest BCUT2D eigenvalue weighted by Gasteiger charge is -2.23. The molecule has 0 unspecified atom stereocenters. The van der Waals surface area contributed by atoms with Crippen LogP contribution in [-0.4, -0.2) is 117 Å². The minimum absolute atomic E-state index is 0.0437. The Balaban J connectivity index is 0.000000112. The van der Waals surface area contributed by atoms with Gasteiger partial charge in [0.2, 0.25) is 0 Å². The molecular formula is C98H89FN16O5. The predicted octanol–water partition coefficient (Wildman–Crippen LogP) is 20.3. The van der Waals surface area contributed by atoms with E-state index >= 15 is 0 Å². The van der Waals surface area contributed by atoms with E-state index in [2.05, 4.69) is 179 Å². The molecule has 0 saturated heterocycles. The van der Waals surface area contributed by atoms with Crippen molar-refractivity contribution >= 4 is 111 Å². The number of fused-ring (bicyclic) bond motifs is 15. The van der Waals surface area contributed by atoms with E-state index < -0.39 is 18.2 Å². The largest absolute Gasteiger partial charge is 0.508 e. The fraction of sp³-hybridized carbons (Fsp3) is 0.133. The molecule has 0 aliphatic heterocycles. The molecule has 0 radical (unpaired) electrons. The summed E-state index contributed by atoms with van der Waals surface area (Å²) in [5.41, 5.74) is 45.4. The number of aryl methyl sites for hydroxylation is 1. The molecule has 22 heteroatoms. The predicted molar refractivity (Wildman–Crippen MR) is 484 cm³/mol. The Morgan fingerprint density at radius 2 is 0.750 bits per heavy atom. The van der Waals surface area contributed by atoms with Gasteiger partial charge in [0.15, 0.2) is 5.60 Å². The Labute approximate surface area is 691 Å². The first kappa shape index (κ1) is 78.6. The molecule has 0 spiro atoms. The van der Waals surface area contributed by atoms with Crippen LogP contribution in [0, 0.1) is 6.92 Å². The van der Waals surface area contributed by atoms with E-state index in [0.29, 0.717) is 23.8 Å². The van der Waals surface area contributed by atoms with Crippen LogP contribution in [0.4, 0.5) is 27.1 Å². The molecule has 120 heavy (non-hydrogen) atoms. The van der Waals surface area contributed by atoms with Crippen molar-refractivity contribution in [3.05, 3.63) is 310 Å². The van der Waals surface area contributed by atoms with Crippen LogP contribution in [0.15, 0.2) is 304 Å². The lowest BCUT2D eigenvalue weighted by molar-refractivity contribution is -0.130. The summed E-state index contributed by atoms with van der Waals surface area (Å²) >= 11 is 0. The highest BCUT2D eigenvalue weighted by Crippen LogP contribution is 2.37. The fourth-order valence-corrected chi connectivity index (χ4v) is 14.6. The van der Waals surface area contributed by atoms with Gasteiger partial charge in [-0.3, -0.25) is 9.78 Å². The third kappa shape index (κ3) is 16.4. The Hall–Kier alpha value is -15.3. The van der Waals surface area contributed by atoms with Gasteiger partial charge in [-0.2, -0.15) is 0 Å². The summed E-state index contributed by atoms with van der Waals surface area (Å²) in [6, 6.07) is 85.6. The summed E-state index contributed by atoms with van der Waals surface area (Å²) in [5.74, 6) is 1.71. The van der Waals surface area contributed by atoms with Crippen molar-refractivity contribution < 1.29 is 28.5 Å². The van der Waals surface area contributed by atoms with Crippen molar-refractivity contribution in [3.8, 4) is 79.3 Å². The number of nitrogens with zero attached hydrogens (tertiary/aromatic N) is 13. The molecule has 0 saturated carbocycles. The van der Waals surface area contributed by atoms with Crippen molar-refractivity contribution in [1.29, 1.82) is 0 Å². The first-order valence-electron chi connectivity index (χ1n) is 39.4. The number of carbonyl (C=O) groups is 1. The standard InChI is InChI=1S/C23H24N4O2.C20H19N3O.C20H19N3.C19H16FN3O.C16H11N3O/c1-23(2,22(24)28)29-17-11-12-19-18(14-17)25-21(20-6-5-13-27(19)20)15-7-9-16(10-8-15)26(3)4;1-2-12-24-16-9-10-18-17(13-16)22-20(19-4-3-11-23(18)19)14-5-7-15(21)8-6-14;1-14-6-11-18-17(13-14)21-20(19-5-4-12-23(18)19)15-7-9-16(10-8-15)22(2)3;20-9-11-24-15-7-8-17-16(12-15)22-19(18-2-1-10-23(17)18)13-3-5-14(21)6-4-13;20-12-5-6-14-13(9-12)18-16(11-3-1-7-17-10-11)15-4-2-8-19(14)15/h5-14H,1-4H3,(H2,24,28);3-11,13H,2,12,21H2,1H3;4-13H,1-3H3;1-8,10,12H,9,11,21H2;1-10,20H. The van der Waals surface area contributed by atoms with E-state index in [1.165, 1.54) is 11.3 Å². The number of benzene rings is 9. The van der Waals surface area contributed by atoms with Gasteiger partial charge in [0, 0.05) is 146 Å². The van der Waals surface area contributed by atoms with E-state index in [-0.39, 0.29) is 12.4 Å². The molecule has 598 valence electrons. The molecule has 11 aromatic heterocycles. The van der Waals surface area contributed by atoms with Crippen LogP contribution in [0.2, 0.25) is 0 Å². The van der Waals surface area contributed by atoms with Crippen molar-refractivity contribution in [3.63, 3.8) is 0 Å². The number of aromatic nitrogens is 11. The number of ether oxygens (including phenoxy) is 3. The van der Waals surface area contributed by atoms with E-state index in [1.54, 1.807) is 38.4 Å². The van der Waals surface area contributed by atoms with E-state index in [1.807, 2.05) is 184 Å². The van der Waals surface area contributed by atoms with Gasteiger partial charge in [-0.05, 0) is 215 Å². The average molecular weight is 1590 g/mol. The second-order valence-electron chi connectivity index (χ2n) is 30.0. The maximum atomic E-state index is 12.3. The van der Waals surface area contributed by atoms with Crippen molar-refractivity contribution in [1.82, 2.24) is 51.9 Å². The Morgan fingerprint density at radius 1 is 0.408 bits per heavy atom. The molecule has 11 heterocycles. The summed E-state index contributed by atoms with van der Waals surface area (Å²) < 4.78 is 39.9. The highest BCUT2D eigenvalue weighted by molar-refractivity contribution is 5.94. The number of anilines is 4. The van der Waals surface area contributed by atoms with E-state index in [4.69, 9.17) is 51.3 Å². The molecule has 0 bridgehead atoms. The number of nitrogen functional groups attached to an aromatic ring is 2. The zero-order valence-electron chi connectivity index (χ0n) is 67.7. The smallest absolute Gasteiger partial charge is 0.261 e. The first-order valence-corrected chi connectivity index (χ1v) is 39.4. The number of carbonyl (C=O) groups excluding carboxylic acids is 1. The minimum atomic E-state index is -1.10. The number of alkyl halides is 1. The third-order valence-electron chi connectivity index (χ3n) is 20.7. The van der Waals surface area contributed by atoms with Gasteiger partial charge in [0.1, 0.15) is 36.3 Å². The average Bonchev–Trinajstić information content (AvgIpc) is 1.49. The third-order valence-corrected chi connectivity index (χ3v) is 20.7. The van der Waals surface area contributed by atoms with Gasteiger partial charge in [-0.25, -0.2) is 29.3 Å². The van der Waals surface area contributed by atoms with Gasteiger partial charge >= 0.3 is 0 Å². The topological polar surface area (TPSA) is 249 Å². The maximum absolute atomic E-state index is 12.3. The lowest BCUT2D eigenvalue weighted by atomic mass is 10.1. The molecule has 0 aliphatic carbocycles. The molecule has 21 nitrogen and oxygen atoms in total. The molecule has 0 aliphatic rings. The highest BCUT2D eigenvalue weighted by Gasteiger charge is 2.28. The van der Waals surface area contributed by atoms with Crippen LogP contribution in [-0.2, 0) is 4.79 Å². The Morgan fingerprint density at radius 3 is 1.12 bits per heavy atom. The van der Waals surface area contributed by atoms with Crippen molar-refractivity contribution in [2.75, 3.05) is 69.3 Å². The zero-order chi connectivity index (χ0) is 83.3. The number of phenols is 1. The molecule has 0 fully saturated rings. The number of phenolic OH excluding ortho intramolecular Hbond substituents is 1. The number of amides is 1. The Kier molecular flexibility index (Phi) is 22.2. The number of pyridine rings is 1. The molecule has 7 N–H and O–H groups in total. The van der Waals surface area contributed by atoms with Crippen LogP contribution >= 0.6 is 0 Å². The summed E-state index contributed by atoms with van der Waals surface area (Å²) in [7, 11) is 8.14. The van der Waals surface area contributed by atoms with Gasteiger partial charge in [-0.15, -0.1) is 0 Å². The molecule has 9 aromatic carbocycles. The van der Waals surface area contributed by atoms with Crippen molar-refractivity contribution in [2.45, 2.75) is 39.7 Å². The summed E-state index contributed by atoms with van der Waals surface area (Å²) in [6.45, 7) is 7.75. The normalized spacial score (nSPS) is 11.3. The number of halogens is 1. The van der Waals surface area contributed by atoms with E-state index in [9.17, 15) is 14.3 Å². The monoisotopic (exact) mass is 1590 g/mol. The molecule has 0 atom stereocenters. The summed E-state index contributed by atoms with van der Waals surface area (Å²) in [5, 5.41) is 9.65. The number of nitrogens with two attached hydrogens (primary N) is 3. The minimum Gasteiger partial charge on any atom is -0.508 e. The van der Waals surface area contributed by atoms with Crippen LogP contribution < -0.4 is 41.2 Å². The number of hydrogen-bond acceptors (Lipinski definition) is 15. The van der Waals surface area contributed by atoms with Crippen LogP contribution in [0.1, 0.15) is 32.8 Å². The van der Waals surface area contributed by atoms with Gasteiger partial charge in [0.25, 0.3) is 5.91 Å². The molecule has 20 rings (SSSR count). The van der Waals surface area contributed by atoms with E-state index in [0.717, 1.165) is 163 Å². The molecule has 1 amide bonds. The number of primary amides is 1. The highest BCUT2D eigenvalue weighted by atomic mass is 19.1. The maximum Gasteiger partial charge on any atom is 0.261 e. The van der Waals surface area contributed by atoms with Crippen LogP contribution in [0.5, 0.6) is 23.0 Å². The van der Waals surface area contributed by atoms with Crippen molar-refractivity contribution in [2.24, 2.45) is 5.73 Å². The summed E-state index contributed by atoms with van der Waals surface area (Å²) in [4.78, 5) is 44.2. The van der Waals surface area contributed by atoms with Gasteiger partial charge in [-0.1, -0.05) is 61.5 Å². The second-order valence-corrected chi connectivity index (χ2v) is 30.0. The lowest BCUT2D eigenvalue weighted by Crippen LogP contribution is -2.43. The zero-order valence-corrected chi connectivity index (χ0v) is 67.7. The molecular weight excluding hydrogens is 1500 g/mol. The first-order chi connectivity index (χ1) is 58.2. The number of rotatable bonds is 16. The van der Waals surface area contributed by atoms with Crippen LogP contribution in [0.3, 0.4) is 0 Å². The quantitative estimate of drug-likeness (QED) is 0.0657. The number of aromatic hydroxyl groups is 1. The SMILES string of the molecule is CCCOc1ccc2c(c1)nc(-c1ccc(N)cc1)c1cccn12.CN(C)c1ccc(-c2nc3cc(OC(C)(C)C(N)=O)ccc3n3cccc23)cc1.Cc1ccc2c(c1)nc(-c1ccc(N(C)C)cc1)c1cccn12.Nc1ccc(-c2nc3cc(OCCF)ccc3n3cccc23)cc1.Oc1ccc2c(c1)nc(-c1cccnc1)c1cccn12. The van der Waals surface area contributed by atoms with Gasteiger partial charge < -0.3 is 68.3 Å². The number of hydrogen-bond donors (Lipinski definition) is 4. The van der Waals surface area contributed by atoms with Gasteiger partial charge in [0.05, 0.1) is 118 Å². The fourth-order valence-electron chi connectivity index (χ4n) is 14.6. The Bertz CT molecular complexity index is 6930. The summed E-state index contributed by atoms with van der Waals surface area (Å²) in [6.07, 6.45) is 14.7.